The van der Waals surface area contributed by atoms with Gasteiger partial charge in [-0.05, 0) is 37.1 Å². The molecule has 1 aliphatic rings. The van der Waals surface area contributed by atoms with Crippen LogP contribution in [0, 0.1) is 5.92 Å². The molecule has 1 atom stereocenters. The number of carbonyl (C=O) groups is 1. The third kappa shape index (κ3) is 4.11. The second-order valence-corrected chi connectivity index (χ2v) is 6.65. The number of piperidine rings is 1. The summed E-state index contributed by atoms with van der Waals surface area (Å²) >= 11 is 0. The molecule has 27 heavy (non-hydrogen) atoms. The van der Waals surface area contributed by atoms with Crippen LogP contribution in [0.15, 0.2) is 67.0 Å². The fraction of sp³-hybridized carbons (Fsp3) is 0.238. The summed E-state index contributed by atoms with van der Waals surface area (Å²) in [7, 11) is 0. The molecule has 0 aliphatic carbocycles. The molecule has 1 fully saturated rings. The number of hydrogen-bond donors (Lipinski definition) is 1. The van der Waals surface area contributed by atoms with E-state index in [1.165, 1.54) is 0 Å². The summed E-state index contributed by atoms with van der Waals surface area (Å²) in [5, 5.41) is 11.7. The zero-order valence-corrected chi connectivity index (χ0v) is 15.0. The third-order valence-electron chi connectivity index (χ3n) is 4.78. The number of anilines is 2. The molecule has 1 aromatic carbocycles. The molecule has 1 amide bonds. The number of pyridine rings is 1. The normalized spacial score (nSPS) is 16.7. The van der Waals surface area contributed by atoms with Crippen molar-refractivity contribution in [3.63, 3.8) is 0 Å². The van der Waals surface area contributed by atoms with Crippen LogP contribution in [0.25, 0.3) is 11.3 Å². The van der Waals surface area contributed by atoms with E-state index in [0.29, 0.717) is 6.54 Å². The number of nitrogens with zero attached hydrogens (tertiary/aromatic N) is 4. The van der Waals surface area contributed by atoms with Gasteiger partial charge in [0, 0.05) is 36.7 Å². The Balaban J connectivity index is 1.43. The predicted octanol–water partition coefficient (Wildman–Crippen LogP) is 3.39. The molecule has 1 N–H and O–H groups in total. The van der Waals surface area contributed by atoms with Gasteiger partial charge < -0.3 is 10.2 Å². The van der Waals surface area contributed by atoms with E-state index < -0.39 is 0 Å². The number of hydrogen-bond acceptors (Lipinski definition) is 5. The van der Waals surface area contributed by atoms with Crippen LogP contribution >= 0.6 is 0 Å². The molecule has 1 saturated heterocycles. The van der Waals surface area contributed by atoms with Gasteiger partial charge in [-0.2, -0.15) is 0 Å². The van der Waals surface area contributed by atoms with Crippen molar-refractivity contribution in [2.24, 2.45) is 5.92 Å². The van der Waals surface area contributed by atoms with E-state index >= 15 is 0 Å². The van der Waals surface area contributed by atoms with E-state index in [4.69, 9.17) is 0 Å². The van der Waals surface area contributed by atoms with Gasteiger partial charge in [-0.25, -0.2) is 0 Å². The molecule has 0 unspecified atom stereocenters. The average molecular weight is 359 g/mol. The highest BCUT2D eigenvalue weighted by Crippen LogP contribution is 2.24. The van der Waals surface area contributed by atoms with Crippen LogP contribution in [0.1, 0.15) is 12.8 Å². The van der Waals surface area contributed by atoms with Gasteiger partial charge in [-0.3, -0.25) is 9.78 Å². The fourth-order valence-corrected chi connectivity index (χ4v) is 3.34. The van der Waals surface area contributed by atoms with Crippen LogP contribution in [0.5, 0.6) is 0 Å². The van der Waals surface area contributed by atoms with Crippen molar-refractivity contribution in [1.29, 1.82) is 0 Å². The number of amides is 1. The lowest BCUT2D eigenvalue weighted by Crippen LogP contribution is -2.41. The SMILES string of the molecule is O=C(Nc1ccncc1)[C@H]1CCCN(c2ccc(-c3ccccc3)nn2)C1. The van der Waals surface area contributed by atoms with Gasteiger partial charge in [-0.1, -0.05) is 30.3 Å². The Morgan fingerprint density at radius 1 is 1.00 bits per heavy atom. The highest BCUT2D eigenvalue weighted by Gasteiger charge is 2.26. The first kappa shape index (κ1) is 17.1. The smallest absolute Gasteiger partial charge is 0.229 e. The van der Waals surface area contributed by atoms with E-state index in [9.17, 15) is 4.79 Å². The zero-order valence-electron chi connectivity index (χ0n) is 15.0. The van der Waals surface area contributed by atoms with Crippen LogP contribution < -0.4 is 10.2 Å². The highest BCUT2D eigenvalue weighted by molar-refractivity contribution is 5.92. The lowest BCUT2D eigenvalue weighted by Gasteiger charge is -2.32. The van der Waals surface area contributed by atoms with Crippen LogP contribution in [-0.2, 0) is 4.79 Å². The Morgan fingerprint density at radius 3 is 2.56 bits per heavy atom. The topological polar surface area (TPSA) is 71.0 Å². The Kier molecular flexibility index (Phi) is 5.05. The van der Waals surface area contributed by atoms with Crippen molar-refractivity contribution in [1.82, 2.24) is 15.2 Å². The van der Waals surface area contributed by atoms with E-state index in [1.807, 2.05) is 42.5 Å². The molecule has 4 rings (SSSR count). The summed E-state index contributed by atoms with van der Waals surface area (Å²) in [6.07, 6.45) is 5.18. The molecule has 1 aliphatic heterocycles. The summed E-state index contributed by atoms with van der Waals surface area (Å²) in [5.74, 6) is 0.790. The number of nitrogens with one attached hydrogen (secondary N) is 1. The van der Waals surface area contributed by atoms with E-state index in [2.05, 4.69) is 25.4 Å². The molecule has 0 bridgehead atoms. The maximum absolute atomic E-state index is 12.6. The van der Waals surface area contributed by atoms with Gasteiger partial charge in [0.15, 0.2) is 5.82 Å². The van der Waals surface area contributed by atoms with Crippen LogP contribution in [0.4, 0.5) is 11.5 Å². The zero-order chi connectivity index (χ0) is 18.5. The standard InChI is InChI=1S/C21H21N5O/c27-21(23-18-10-12-22-13-11-18)17-7-4-14-26(15-17)20-9-8-19(24-25-20)16-5-2-1-3-6-16/h1-3,5-6,8-13,17H,4,7,14-15H2,(H,22,23,27)/t17-/m0/s1. The van der Waals surface area contributed by atoms with Crippen LogP contribution in [-0.4, -0.2) is 34.2 Å². The number of rotatable bonds is 4. The van der Waals surface area contributed by atoms with Gasteiger partial charge in [0.25, 0.3) is 0 Å². The average Bonchev–Trinajstić information content (AvgIpc) is 2.75. The minimum atomic E-state index is -0.0671. The molecule has 3 aromatic rings. The van der Waals surface area contributed by atoms with Gasteiger partial charge in [0.05, 0.1) is 11.6 Å². The van der Waals surface area contributed by atoms with Crippen molar-refractivity contribution in [3.8, 4) is 11.3 Å². The van der Waals surface area contributed by atoms with Crippen molar-refractivity contribution in [2.75, 3.05) is 23.3 Å². The lowest BCUT2D eigenvalue weighted by atomic mass is 9.97. The first-order valence-electron chi connectivity index (χ1n) is 9.14. The molecule has 6 nitrogen and oxygen atoms in total. The van der Waals surface area contributed by atoms with E-state index in [1.54, 1.807) is 24.5 Å². The molecule has 136 valence electrons. The maximum atomic E-state index is 12.6. The monoisotopic (exact) mass is 359 g/mol. The molecule has 3 heterocycles. The maximum Gasteiger partial charge on any atom is 0.229 e. The van der Waals surface area contributed by atoms with E-state index in [-0.39, 0.29) is 11.8 Å². The Bertz CT molecular complexity index is 883. The van der Waals surface area contributed by atoms with Crippen molar-refractivity contribution >= 4 is 17.4 Å². The Hall–Kier alpha value is -3.28. The second kappa shape index (κ2) is 7.95. The van der Waals surface area contributed by atoms with Crippen molar-refractivity contribution in [2.45, 2.75) is 12.8 Å². The third-order valence-corrected chi connectivity index (χ3v) is 4.78. The van der Waals surface area contributed by atoms with Crippen LogP contribution in [0.3, 0.4) is 0 Å². The summed E-state index contributed by atoms with van der Waals surface area (Å²) in [6, 6.07) is 17.6. The van der Waals surface area contributed by atoms with Crippen molar-refractivity contribution in [3.05, 3.63) is 67.0 Å². The van der Waals surface area contributed by atoms with Gasteiger partial charge >= 0.3 is 0 Å². The Morgan fingerprint density at radius 2 is 1.81 bits per heavy atom. The molecule has 0 saturated carbocycles. The van der Waals surface area contributed by atoms with Crippen molar-refractivity contribution < 1.29 is 4.79 Å². The minimum Gasteiger partial charge on any atom is -0.354 e. The number of carbonyl (C=O) groups excluding carboxylic acids is 1. The molecular formula is C21H21N5O. The van der Waals surface area contributed by atoms with Gasteiger partial charge in [0.2, 0.25) is 5.91 Å². The summed E-state index contributed by atoms with van der Waals surface area (Å²) in [6.45, 7) is 1.54. The molecular weight excluding hydrogens is 338 g/mol. The lowest BCUT2D eigenvalue weighted by molar-refractivity contribution is -0.120. The molecule has 0 radical (unpaired) electrons. The minimum absolute atomic E-state index is 0.0414. The predicted molar refractivity (Wildman–Crippen MR) is 105 cm³/mol. The highest BCUT2D eigenvalue weighted by atomic mass is 16.1. The largest absolute Gasteiger partial charge is 0.354 e. The van der Waals surface area contributed by atoms with Gasteiger partial charge in [-0.15, -0.1) is 10.2 Å². The first-order valence-corrected chi connectivity index (χ1v) is 9.14. The molecule has 6 heteroatoms. The van der Waals surface area contributed by atoms with Crippen LogP contribution in [0.2, 0.25) is 0 Å². The number of benzene rings is 1. The van der Waals surface area contributed by atoms with E-state index in [0.717, 1.165) is 42.1 Å². The summed E-state index contributed by atoms with van der Waals surface area (Å²) in [5.41, 5.74) is 2.67. The van der Waals surface area contributed by atoms with Gasteiger partial charge in [0.1, 0.15) is 0 Å². The Labute approximate surface area is 158 Å². The fourth-order valence-electron chi connectivity index (χ4n) is 3.34. The molecule has 0 spiro atoms. The number of aromatic nitrogens is 3. The summed E-state index contributed by atoms with van der Waals surface area (Å²) in [4.78, 5) is 18.7. The second-order valence-electron chi connectivity index (χ2n) is 6.65. The quantitative estimate of drug-likeness (QED) is 0.773. The molecule has 2 aromatic heterocycles. The summed E-state index contributed by atoms with van der Waals surface area (Å²) < 4.78 is 0. The first-order chi connectivity index (χ1) is 13.3.